The maximum absolute atomic E-state index is 11.6. The van der Waals surface area contributed by atoms with E-state index in [0.717, 1.165) is 0 Å². The van der Waals surface area contributed by atoms with Crippen LogP contribution in [0.3, 0.4) is 0 Å². The van der Waals surface area contributed by atoms with Crippen LogP contribution in [0, 0.1) is 4.91 Å². The molecule has 1 aromatic rings. The molecule has 0 aliphatic heterocycles. The summed E-state index contributed by atoms with van der Waals surface area (Å²) in [7, 11) is 4.25. The Morgan fingerprint density at radius 1 is 1.25 bits per heavy atom. The number of amides is 1. The van der Waals surface area contributed by atoms with Crippen molar-refractivity contribution in [1.29, 1.82) is 0 Å². The molecular weight excluding hydrogens is 212 g/mol. The minimum absolute atomic E-state index is 0.305. The molecule has 0 fully saturated rings. The molecule has 0 unspecified atom stereocenters. The first-order chi connectivity index (χ1) is 7.63. The van der Waals surface area contributed by atoms with Gasteiger partial charge in [-0.3, -0.25) is 4.79 Å². The molecule has 16 heavy (non-hydrogen) atoms. The number of hydrogen-bond donors (Lipinski definition) is 0. The predicted octanol–water partition coefficient (Wildman–Crippen LogP) is 1.46. The Hall–Kier alpha value is -2.11. The summed E-state index contributed by atoms with van der Waals surface area (Å²) in [6, 6.07) is 4.61. The predicted molar refractivity (Wildman–Crippen MR) is 57.4 cm³/mol. The zero-order valence-corrected chi connectivity index (χ0v) is 9.26. The van der Waals surface area contributed by atoms with Crippen molar-refractivity contribution in [2.75, 3.05) is 21.3 Å². The van der Waals surface area contributed by atoms with Gasteiger partial charge in [0.05, 0.1) is 19.5 Å². The summed E-state index contributed by atoms with van der Waals surface area (Å²) >= 11 is 0. The zero-order valence-electron chi connectivity index (χ0n) is 9.26. The van der Waals surface area contributed by atoms with Gasteiger partial charge in [-0.05, 0) is 18.2 Å². The smallest absolute Gasteiger partial charge is 0.276 e. The van der Waals surface area contributed by atoms with Crippen LogP contribution < -0.4 is 9.47 Å². The van der Waals surface area contributed by atoms with Gasteiger partial charge >= 0.3 is 0 Å². The van der Waals surface area contributed by atoms with E-state index in [1.54, 1.807) is 6.07 Å². The Balaban J connectivity index is 3.08. The van der Waals surface area contributed by atoms with E-state index in [2.05, 4.69) is 5.29 Å². The quantitative estimate of drug-likeness (QED) is 0.573. The van der Waals surface area contributed by atoms with Gasteiger partial charge in [0, 0.05) is 12.6 Å². The second-order valence-corrected chi connectivity index (χ2v) is 2.98. The van der Waals surface area contributed by atoms with Crippen molar-refractivity contribution in [2.24, 2.45) is 5.29 Å². The van der Waals surface area contributed by atoms with E-state index in [9.17, 15) is 9.70 Å². The van der Waals surface area contributed by atoms with E-state index >= 15 is 0 Å². The van der Waals surface area contributed by atoms with Crippen molar-refractivity contribution >= 4 is 5.91 Å². The molecule has 0 N–H and O–H groups in total. The number of benzene rings is 1. The highest BCUT2D eigenvalue weighted by Crippen LogP contribution is 2.27. The Kier molecular flexibility index (Phi) is 3.82. The number of carbonyl (C=O) groups excluding carboxylic acids is 1. The van der Waals surface area contributed by atoms with Gasteiger partial charge in [0.15, 0.2) is 11.5 Å². The molecule has 6 heteroatoms. The normalized spacial score (nSPS) is 9.44. The third-order valence-electron chi connectivity index (χ3n) is 2.05. The number of nitroso groups, excluding NO2 is 1. The number of nitrogens with zero attached hydrogens (tertiary/aromatic N) is 2. The standard InChI is InChI=1S/C10H12N2O4/c1-12(11-14)10(13)7-4-5-8(15-2)9(6-7)16-3/h4-6H,1-3H3. The molecule has 0 radical (unpaired) electrons. The zero-order chi connectivity index (χ0) is 12.1. The van der Waals surface area contributed by atoms with Crippen LogP contribution >= 0.6 is 0 Å². The highest BCUT2D eigenvalue weighted by molar-refractivity contribution is 5.94. The summed E-state index contributed by atoms with van der Waals surface area (Å²) < 4.78 is 10.1. The van der Waals surface area contributed by atoms with Crippen LogP contribution in [0.15, 0.2) is 23.5 Å². The fraction of sp³-hybridized carbons (Fsp3) is 0.300. The lowest BCUT2D eigenvalue weighted by Crippen LogP contribution is -2.20. The second kappa shape index (κ2) is 5.11. The first-order valence-corrected chi connectivity index (χ1v) is 4.47. The van der Waals surface area contributed by atoms with E-state index in [0.29, 0.717) is 22.1 Å². The number of methoxy groups -OCH3 is 2. The fourth-order valence-electron chi connectivity index (χ4n) is 1.19. The summed E-state index contributed by atoms with van der Waals surface area (Å²) in [5.41, 5.74) is 0.305. The Morgan fingerprint density at radius 2 is 1.88 bits per heavy atom. The largest absolute Gasteiger partial charge is 0.493 e. The molecule has 6 nitrogen and oxygen atoms in total. The van der Waals surface area contributed by atoms with Crippen LogP contribution in [-0.4, -0.2) is 32.2 Å². The van der Waals surface area contributed by atoms with Crippen molar-refractivity contribution in [2.45, 2.75) is 0 Å². The number of hydrogen-bond acceptors (Lipinski definition) is 5. The van der Waals surface area contributed by atoms with Crippen LogP contribution in [0.25, 0.3) is 0 Å². The summed E-state index contributed by atoms with van der Waals surface area (Å²) in [6.07, 6.45) is 0. The van der Waals surface area contributed by atoms with Gasteiger partial charge in [0.25, 0.3) is 5.91 Å². The van der Waals surface area contributed by atoms with Gasteiger partial charge in [-0.25, -0.2) is 0 Å². The molecular formula is C10H12N2O4. The topological polar surface area (TPSA) is 68.2 Å². The Labute approximate surface area is 92.7 Å². The molecule has 0 spiro atoms. The summed E-state index contributed by atoms with van der Waals surface area (Å²) in [6.45, 7) is 0. The van der Waals surface area contributed by atoms with E-state index in [-0.39, 0.29) is 0 Å². The minimum atomic E-state index is -0.504. The SMILES string of the molecule is COc1ccc(C(=O)N(C)N=O)cc1OC. The first kappa shape index (κ1) is 12.0. The molecule has 0 heterocycles. The molecule has 0 aliphatic rings. The van der Waals surface area contributed by atoms with Gasteiger partial charge < -0.3 is 9.47 Å². The van der Waals surface area contributed by atoms with Gasteiger partial charge in [0.1, 0.15) is 0 Å². The number of rotatable bonds is 4. The van der Waals surface area contributed by atoms with Crippen LogP contribution in [0.2, 0.25) is 0 Å². The molecule has 86 valence electrons. The maximum atomic E-state index is 11.6. The third-order valence-corrected chi connectivity index (χ3v) is 2.05. The molecule has 0 aliphatic carbocycles. The third kappa shape index (κ3) is 2.28. The molecule has 0 saturated carbocycles. The van der Waals surface area contributed by atoms with E-state index in [4.69, 9.17) is 9.47 Å². The molecule has 1 amide bonds. The lowest BCUT2D eigenvalue weighted by molar-refractivity contribution is 0.0796. The second-order valence-electron chi connectivity index (χ2n) is 2.98. The Bertz CT molecular complexity index is 406. The minimum Gasteiger partial charge on any atom is -0.493 e. The lowest BCUT2D eigenvalue weighted by Gasteiger charge is -2.10. The molecule has 0 bridgehead atoms. The van der Waals surface area contributed by atoms with Crippen molar-refractivity contribution in [3.63, 3.8) is 0 Å². The lowest BCUT2D eigenvalue weighted by atomic mass is 10.2. The number of ether oxygens (including phenoxy) is 2. The van der Waals surface area contributed by atoms with Crippen LogP contribution in [0.1, 0.15) is 10.4 Å². The maximum Gasteiger partial charge on any atom is 0.276 e. The summed E-state index contributed by atoms with van der Waals surface area (Å²) in [5, 5.41) is 3.23. The van der Waals surface area contributed by atoms with Gasteiger partial charge in [-0.2, -0.15) is 5.01 Å². The van der Waals surface area contributed by atoms with Gasteiger partial charge in [-0.15, -0.1) is 4.91 Å². The van der Waals surface area contributed by atoms with Crippen molar-refractivity contribution < 1.29 is 14.3 Å². The van der Waals surface area contributed by atoms with Crippen LogP contribution in [-0.2, 0) is 0 Å². The average Bonchev–Trinajstić information content (AvgIpc) is 2.35. The molecule has 1 aromatic carbocycles. The van der Waals surface area contributed by atoms with Crippen molar-refractivity contribution in [3.8, 4) is 11.5 Å². The number of carbonyl (C=O) groups is 1. The first-order valence-electron chi connectivity index (χ1n) is 4.47. The average molecular weight is 224 g/mol. The van der Waals surface area contributed by atoms with Gasteiger partial charge in [0.2, 0.25) is 0 Å². The monoisotopic (exact) mass is 224 g/mol. The fourth-order valence-corrected chi connectivity index (χ4v) is 1.19. The highest BCUT2D eigenvalue weighted by Gasteiger charge is 2.14. The Morgan fingerprint density at radius 3 is 2.38 bits per heavy atom. The van der Waals surface area contributed by atoms with E-state index in [1.165, 1.54) is 33.4 Å². The summed E-state index contributed by atoms with van der Waals surface area (Å²) in [5.74, 6) is 0.435. The molecule has 0 atom stereocenters. The van der Waals surface area contributed by atoms with Gasteiger partial charge in [-0.1, -0.05) is 0 Å². The van der Waals surface area contributed by atoms with E-state index < -0.39 is 5.91 Å². The van der Waals surface area contributed by atoms with E-state index in [1.807, 2.05) is 0 Å². The molecule has 0 saturated heterocycles. The van der Waals surface area contributed by atoms with Crippen LogP contribution in [0.4, 0.5) is 0 Å². The molecule has 0 aromatic heterocycles. The van der Waals surface area contributed by atoms with Crippen LogP contribution in [0.5, 0.6) is 11.5 Å². The molecule has 1 rings (SSSR count). The summed E-state index contributed by atoms with van der Waals surface area (Å²) in [4.78, 5) is 21.8. The highest BCUT2D eigenvalue weighted by atomic mass is 16.5. The van der Waals surface area contributed by atoms with Crippen molar-refractivity contribution in [1.82, 2.24) is 5.01 Å². The van der Waals surface area contributed by atoms with Crippen molar-refractivity contribution in [3.05, 3.63) is 28.7 Å².